The SMILES string of the molecule is C=CCC.C=CCO.C=CCO.C=CCc1cc(C=O)c(O)c(CC=C)c1.CB(C)CCCO.CCC(C)CC.O=Cc1cc(Br)cc(Br)c1O.O=Cc1cc(CCCO)cc(CCCO)c1O. The first kappa shape index (κ1) is 72.6. The number of aryl methyl sites for hydroxylation is 2. The van der Waals surface area contributed by atoms with Gasteiger partial charge in [-0.05, 0) is 120 Å². The van der Waals surface area contributed by atoms with Crippen LogP contribution in [0.1, 0.15) is 120 Å². The molecule has 3 rings (SSSR count). The maximum atomic E-state index is 10.8. The summed E-state index contributed by atoms with van der Waals surface area (Å²) < 4.78 is 1.26. The number of carbonyl (C=O) groups is 3. The van der Waals surface area contributed by atoms with Gasteiger partial charge < -0.3 is 40.9 Å². The minimum atomic E-state index is -0.0248. The highest BCUT2D eigenvalue weighted by atomic mass is 79.9. The molecule has 0 bridgehead atoms. The van der Waals surface area contributed by atoms with E-state index in [4.69, 9.17) is 25.5 Å². The highest BCUT2D eigenvalue weighted by Crippen LogP contribution is 2.30. The second-order valence-corrected chi connectivity index (χ2v) is 16.8. The Hall–Kier alpha value is -4.41. The molecule has 0 radical (unpaired) electrons. The summed E-state index contributed by atoms with van der Waals surface area (Å²) in [6.07, 6.45) is 19.6. The average Bonchev–Trinajstić information content (AvgIpc) is 3.35. The molecule has 8 N–H and O–H groups in total. The third kappa shape index (κ3) is 40.6. The lowest BCUT2D eigenvalue weighted by Gasteiger charge is -2.09. The molecule has 0 aromatic heterocycles. The topological polar surface area (TPSA) is 213 Å². The van der Waals surface area contributed by atoms with Crippen molar-refractivity contribution in [1.29, 1.82) is 0 Å². The van der Waals surface area contributed by atoms with Crippen molar-refractivity contribution in [3.8, 4) is 17.2 Å². The molecule has 382 valence electrons. The van der Waals surface area contributed by atoms with Crippen molar-refractivity contribution >= 4 is 57.4 Å². The summed E-state index contributed by atoms with van der Waals surface area (Å²) in [5.74, 6) is 0.965. The molecule has 14 heteroatoms. The Balaban J connectivity index is -0.000000237. The van der Waals surface area contributed by atoms with Gasteiger partial charge in [0.05, 0.1) is 34.4 Å². The normalized spacial score (nSPS) is 9.21. The molecule has 0 amide bonds. The molecule has 0 aliphatic heterocycles. The molecule has 0 spiro atoms. The first-order valence-electron chi connectivity index (χ1n) is 22.7. The third-order valence-corrected chi connectivity index (χ3v) is 9.91. The van der Waals surface area contributed by atoms with Gasteiger partial charge in [0, 0.05) is 24.3 Å². The van der Waals surface area contributed by atoms with E-state index < -0.39 is 0 Å². The van der Waals surface area contributed by atoms with Crippen molar-refractivity contribution in [2.75, 3.05) is 33.0 Å². The number of hydrogen-bond donors (Lipinski definition) is 8. The number of aliphatic hydroxyl groups excluding tert-OH is 5. The number of hydrogen-bond acceptors (Lipinski definition) is 11. The molecule has 0 unspecified atom stereocenters. The Bertz CT molecular complexity index is 1780. The van der Waals surface area contributed by atoms with E-state index in [2.05, 4.69) is 106 Å². The molecular formula is C54H83BBr2O11. The molecule has 0 saturated heterocycles. The standard InChI is InChI=1S/C13H18O4.C13H14O2.C7H4Br2O2.C6H14.C5H13BO.C4H8.2C3H6O/c14-5-1-3-10-7-11(4-2-6-15)13(17)12(8-10)9-16;1-3-5-10-7-11(6-4-2)13(15)12(8-10)9-14;8-5-1-4(3-10)7(11)6(9)2-5;1-4-6(3)5-2;1-6(2)4-3-5-7;1-3-4-2;2*1-2-3-4/h7-9,14-15,17H,1-6H2;3-4,7-9,15H,1-2,5-6H2;1-3,11H;6H,4-5H2,1-3H3;7H,3-5H2,1-2H3;3H,1,4H2,2H3;2*2,4H,1,3H2. The second kappa shape index (κ2) is 52.0. The van der Waals surface area contributed by atoms with E-state index in [9.17, 15) is 29.7 Å². The number of aromatic hydroxyl groups is 3. The molecule has 0 aliphatic rings. The van der Waals surface area contributed by atoms with Gasteiger partial charge in [0.25, 0.3) is 0 Å². The quantitative estimate of drug-likeness (QED) is 0.0285. The van der Waals surface area contributed by atoms with Crippen molar-refractivity contribution in [1.82, 2.24) is 0 Å². The summed E-state index contributed by atoms with van der Waals surface area (Å²) in [6, 6.07) is 10.2. The molecular weight excluding hydrogens is 995 g/mol. The van der Waals surface area contributed by atoms with Crippen molar-refractivity contribution in [2.24, 2.45) is 5.92 Å². The first-order chi connectivity index (χ1) is 32.4. The van der Waals surface area contributed by atoms with Gasteiger partial charge in [0.1, 0.15) is 24.0 Å². The van der Waals surface area contributed by atoms with Crippen molar-refractivity contribution in [3.05, 3.63) is 148 Å². The number of rotatable bonds is 21. The molecule has 3 aromatic rings. The molecule has 68 heavy (non-hydrogen) atoms. The zero-order chi connectivity index (χ0) is 53.3. The Morgan fingerprint density at radius 1 is 0.559 bits per heavy atom. The van der Waals surface area contributed by atoms with Crippen LogP contribution in [0.5, 0.6) is 17.2 Å². The van der Waals surface area contributed by atoms with Gasteiger partial charge in [-0.2, -0.15) is 0 Å². The van der Waals surface area contributed by atoms with Crippen LogP contribution in [0.25, 0.3) is 0 Å². The minimum Gasteiger partial charge on any atom is -0.507 e. The van der Waals surface area contributed by atoms with Gasteiger partial charge >= 0.3 is 0 Å². The maximum Gasteiger partial charge on any atom is 0.153 e. The van der Waals surface area contributed by atoms with Crippen molar-refractivity contribution < 1.29 is 55.2 Å². The number of allylic oxidation sites excluding steroid dienone is 3. The third-order valence-electron chi connectivity index (χ3n) is 8.85. The number of phenols is 3. The van der Waals surface area contributed by atoms with Crippen LogP contribution in [0.4, 0.5) is 0 Å². The van der Waals surface area contributed by atoms with E-state index in [1.165, 1.54) is 25.0 Å². The number of phenolic OH excluding ortho intramolecular Hbond substituents is 3. The predicted molar refractivity (Wildman–Crippen MR) is 293 cm³/mol. The Morgan fingerprint density at radius 2 is 0.971 bits per heavy atom. The summed E-state index contributed by atoms with van der Waals surface area (Å²) in [7, 11) is 0. The molecule has 0 fully saturated rings. The summed E-state index contributed by atoms with van der Waals surface area (Å²) in [4.78, 5) is 31.9. The van der Waals surface area contributed by atoms with E-state index in [-0.39, 0.29) is 54.8 Å². The van der Waals surface area contributed by atoms with Crippen LogP contribution >= 0.6 is 31.9 Å². The predicted octanol–water partition coefficient (Wildman–Crippen LogP) is 11.9. The van der Waals surface area contributed by atoms with E-state index in [1.54, 1.807) is 36.4 Å². The van der Waals surface area contributed by atoms with E-state index in [0.717, 1.165) is 53.0 Å². The fraction of sp³-hybridized carbons (Fsp3) is 0.426. The number of benzene rings is 3. The smallest absolute Gasteiger partial charge is 0.153 e. The van der Waals surface area contributed by atoms with Gasteiger partial charge in [-0.1, -0.05) is 119 Å². The monoisotopic (exact) mass is 1080 g/mol. The second-order valence-electron chi connectivity index (χ2n) is 15.0. The van der Waals surface area contributed by atoms with Crippen LogP contribution in [0.3, 0.4) is 0 Å². The molecule has 3 aromatic carbocycles. The van der Waals surface area contributed by atoms with Crippen LogP contribution in [-0.2, 0) is 25.7 Å². The largest absolute Gasteiger partial charge is 0.507 e. The summed E-state index contributed by atoms with van der Waals surface area (Å²) >= 11 is 6.29. The minimum absolute atomic E-state index is 0.00111. The van der Waals surface area contributed by atoms with E-state index in [0.29, 0.717) is 79.6 Å². The molecule has 0 saturated carbocycles. The summed E-state index contributed by atoms with van der Waals surface area (Å²) in [5, 5.41) is 70.1. The van der Waals surface area contributed by atoms with Crippen molar-refractivity contribution in [2.45, 2.75) is 112 Å². The molecule has 11 nitrogen and oxygen atoms in total. The fourth-order valence-corrected chi connectivity index (χ4v) is 5.96. The lowest BCUT2D eigenvalue weighted by Crippen LogP contribution is -1.99. The van der Waals surface area contributed by atoms with E-state index >= 15 is 0 Å². The van der Waals surface area contributed by atoms with Gasteiger partial charge in [-0.3, -0.25) is 14.4 Å². The first-order valence-corrected chi connectivity index (χ1v) is 24.3. The molecule has 0 heterocycles. The summed E-state index contributed by atoms with van der Waals surface area (Å²) in [6.45, 7) is 31.7. The molecule has 0 aliphatic carbocycles. The lowest BCUT2D eigenvalue weighted by molar-refractivity contribution is 0.111. The van der Waals surface area contributed by atoms with Crippen molar-refractivity contribution in [3.63, 3.8) is 0 Å². The number of aliphatic hydroxyl groups is 5. The highest BCUT2D eigenvalue weighted by Gasteiger charge is 2.10. The van der Waals surface area contributed by atoms with E-state index in [1.807, 2.05) is 18.2 Å². The van der Waals surface area contributed by atoms with Gasteiger partial charge in [0.15, 0.2) is 18.9 Å². The van der Waals surface area contributed by atoms with Crippen LogP contribution < -0.4 is 0 Å². The average molecular weight is 1080 g/mol. The Kier molecular flexibility index (Phi) is 55.5. The highest BCUT2D eigenvalue weighted by molar-refractivity contribution is 9.11. The number of aldehydes is 3. The van der Waals surface area contributed by atoms with Crippen LogP contribution in [0, 0.1) is 5.92 Å². The number of carbonyl (C=O) groups excluding carboxylic acids is 3. The van der Waals surface area contributed by atoms with Gasteiger partial charge in [-0.15, -0.1) is 32.9 Å². The maximum absolute atomic E-state index is 10.8. The zero-order valence-corrected chi connectivity index (χ0v) is 44.8. The van der Waals surface area contributed by atoms with Gasteiger partial charge in [-0.25, -0.2) is 0 Å². The Morgan fingerprint density at radius 3 is 1.32 bits per heavy atom. The zero-order valence-electron chi connectivity index (χ0n) is 41.6. The lowest BCUT2D eigenvalue weighted by atomic mass is 9.52. The molecule has 0 atom stereocenters. The number of halogens is 2. The van der Waals surface area contributed by atoms with Crippen LogP contribution in [0.2, 0.25) is 20.0 Å². The van der Waals surface area contributed by atoms with Crippen LogP contribution in [0.15, 0.2) is 109 Å². The summed E-state index contributed by atoms with van der Waals surface area (Å²) in [5.41, 5.74) is 4.17. The fourth-order valence-electron chi connectivity index (χ4n) is 4.70. The Labute approximate surface area is 426 Å². The van der Waals surface area contributed by atoms with Crippen LogP contribution in [-0.4, -0.2) is 99.5 Å². The van der Waals surface area contributed by atoms with Gasteiger partial charge in [0.2, 0.25) is 0 Å².